The number of carbonyl (C=O) groups is 1. The molecule has 1 amide bonds. The second-order valence-electron chi connectivity index (χ2n) is 6.28. The lowest BCUT2D eigenvalue weighted by atomic mass is 10.1. The van der Waals surface area contributed by atoms with Crippen LogP contribution < -0.4 is 15.4 Å². The van der Waals surface area contributed by atoms with Crippen molar-refractivity contribution in [3.05, 3.63) is 52.2 Å². The van der Waals surface area contributed by atoms with Gasteiger partial charge < -0.3 is 10.6 Å². The highest BCUT2D eigenvalue weighted by Gasteiger charge is 2.24. The maximum absolute atomic E-state index is 12.6. The molecule has 2 heterocycles. The molecule has 1 atom stereocenters. The van der Waals surface area contributed by atoms with Gasteiger partial charge in [0.05, 0.1) is 0 Å². The Kier molecular flexibility index (Phi) is 6.42. The molecule has 8 heteroatoms. The average molecular weight is 394 g/mol. The summed E-state index contributed by atoms with van der Waals surface area (Å²) < 4.78 is 27.8. The fraction of sp³-hybridized carbons (Fsp3) is 0.389. The molecule has 0 spiro atoms. The van der Waals surface area contributed by atoms with Crippen LogP contribution in [0, 0.1) is 0 Å². The molecule has 0 aliphatic carbocycles. The normalized spacial score (nSPS) is 17.8. The van der Waals surface area contributed by atoms with Gasteiger partial charge in [0.1, 0.15) is 9.77 Å². The number of nitrogens with one attached hydrogen (secondary N) is 3. The van der Waals surface area contributed by atoms with E-state index < -0.39 is 10.0 Å². The molecule has 0 bridgehead atoms. The van der Waals surface area contributed by atoms with Crippen LogP contribution in [0.2, 0.25) is 0 Å². The molecule has 3 N–H and O–H groups in total. The Morgan fingerprint density at radius 2 is 2.00 bits per heavy atom. The van der Waals surface area contributed by atoms with Crippen molar-refractivity contribution < 1.29 is 13.2 Å². The van der Waals surface area contributed by atoms with Crippen molar-refractivity contribution in [1.82, 2.24) is 15.4 Å². The van der Waals surface area contributed by atoms with Gasteiger partial charge in [0.2, 0.25) is 10.0 Å². The molecule has 1 aliphatic rings. The smallest absolute Gasteiger partial charge is 0.262 e. The molecule has 140 valence electrons. The van der Waals surface area contributed by atoms with Crippen LogP contribution in [0.1, 0.15) is 34.5 Å². The number of sulfonamides is 1. The predicted octanol–water partition coefficient (Wildman–Crippen LogP) is 2.10. The van der Waals surface area contributed by atoms with Crippen LogP contribution in [0.25, 0.3) is 0 Å². The molecule has 1 saturated heterocycles. The molecule has 26 heavy (non-hydrogen) atoms. The fourth-order valence-corrected chi connectivity index (χ4v) is 5.28. The van der Waals surface area contributed by atoms with E-state index in [1.807, 2.05) is 30.3 Å². The van der Waals surface area contributed by atoms with Crippen molar-refractivity contribution in [3.8, 4) is 0 Å². The van der Waals surface area contributed by atoms with Gasteiger partial charge in [-0.2, -0.15) is 0 Å². The summed E-state index contributed by atoms with van der Waals surface area (Å²) >= 11 is 1.14. The number of thiophene rings is 1. The van der Waals surface area contributed by atoms with Gasteiger partial charge in [0.25, 0.3) is 5.91 Å². The van der Waals surface area contributed by atoms with E-state index in [-0.39, 0.29) is 28.3 Å². The van der Waals surface area contributed by atoms with E-state index in [0.29, 0.717) is 6.54 Å². The Morgan fingerprint density at radius 3 is 2.73 bits per heavy atom. The molecule has 1 aromatic heterocycles. The van der Waals surface area contributed by atoms with Gasteiger partial charge in [0, 0.05) is 19.1 Å². The highest BCUT2D eigenvalue weighted by atomic mass is 32.2. The monoisotopic (exact) mass is 393 g/mol. The first-order valence-electron chi connectivity index (χ1n) is 8.69. The summed E-state index contributed by atoms with van der Waals surface area (Å²) in [6.07, 6.45) is 3.33. The van der Waals surface area contributed by atoms with Gasteiger partial charge >= 0.3 is 0 Å². The summed E-state index contributed by atoms with van der Waals surface area (Å²) in [4.78, 5) is 12.7. The van der Waals surface area contributed by atoms with E-state index >= 15 is 0 Å². The second kappa shape index (κ2) is 8.77. The van der Waals surface area contributed by atoms with Crippen molar-refractivity contribution in [2.24, 2.45) is 0 Å². The Bertz CT molecular complexity index is 828. The highest BCUT2D eigenvalue weighted by molar-refractivity contribution is 7.89. The molecule has 0 saturated carbocycles. The largest absolute Gasteiger partial charge is 0.350 e. The van der Waals surface area contributed by atoms with Crippen LogP contribution in [0.4, 0.5) is 0 Å². The third-order valence-corrected chi connectivity index (χ3v) is 6.84. The number of piperidine rings is 1. The molecular weight excluding hydrogens is 370 g/mol. The maximum Gasteiger partial charge on any atom is 0.262 e. The third-order valence-electron chi connectivity index (χ3n) is 4.36. The number of hydrogen-bond acceptors (Lipinski definition) is 5. The highest BCUT2D eigenvalue weighted by Crippen LogP contribution is 2.22. The molecule has 3 rings (SSSR count). The second-order valence-corrected chi connectivity index (χ2v) is 8.93. The summed E-state index contributed by atoms with van der Waals surface area (Å²) in [7, 11) is -3.75. The van der Waals surface area contributed by atoms with Crippen LogP contribution in [0.3, 0.4) is 0 Å². The average Bonchev–Trinajstić information content (AvgIpc) is 3.17. The van der Waals surface area contributed by atoms with E-state index in [2.05, 4.69) is 15.4 Å². The van der Waals surface area contributed by atoms with E-state index in [1.54, 1.807) is 5.38 Å². The minimum Gasteiger partial charge on any atom is -0.350 e. The topological polar surface area (TPSA) is 87.3 Å². The summed E-state index contributed by atoms with van der Waals surface area (Å²) in [5.41, 5.74) is 0.862. The van der Waals surface area contributed by atoms with E-state index in [0.717, 1.165) is 42.7 Å². The Balaban J connectivity index is 1.63. The van der Waals surface area contributed by atoms with E-state index in [1.165, 1.54) is 6.07 Å². The third kappa shape index (κ3) is 4.91. The van der Waals surface area contributed by atoms with Gasteiger partial charge in [-0.05, 0) is 36.4 Å². The molecule has 1 fully saturated rings. The SMILES string of the molecule is O=C(NC[C@H]1CCCCN1)c1sccc1S(=O)(=O)NCc1ccccc1. The van der Waals surface area contributed by atoms with Crippen molar-refractivity contribution in [2.45, 2.75) is 36.7 Å². The van der Waals surface area contributed by atoms with Crippen molar-refractivity contribution in [3.63, 3.8) is 0 Å². The number of hydrogen-bond donors (Lipinski definition) is 3. The van der Waals surface area contributed by atoms with Crippen LogP contribution in [0.5, 0.6) is 0 Å². The fourth-order valence-electron chi connectivity index (χ4n) is 2.92. The number of benzene rings is 1. The summed E-state index contributed by atoms with van der Waals surface area (Å²) in [5.74, 6) is -0.340. The number of amides is 1. The summed E-state index contributed by atoms with van der Waals surface area (Å²) in [6.45, 7) is 1.66. The maximum atomic E-state index is 12.6. The van der Waals surface area contributed by atoms with Crippen molar-refractivity contribution >= 4 is 27.3 Å². The first-order chi connectivity index (χ1) is 12.6. The quantitative estimate of drug-likeness (QED) is 0.672. The molecule has 0 unspecified atom stereocenters. The molecular formula is C18H23N3O3S2. The van der Waals surface area contributed by atoms with Crippen LogP contribution in [-0.2, 0) is 16.6 Å². The van der Waals surface area contributed by atoms with Crippen LogP contribution in [-0.4, -0.2) is 33.5 Å². The van der Waals surface area contributed by atoms with Crippen LogP contribution in [0.15, 0.2) is 46.7 Å². The van der Waals surface area contributed by atoms with Gasteiger partial charge in [-0.25, -0.2) is 13.1 Å². The zero-order valence-electron chi connectivity index (χ0n) is 14.4. The van der Waals surface area contributed by atoms with Crippen molar-refractivity contribution in [2.75, 3.05) is 13.1 Å². The first kappa shape index (κ1) is 19.0. The molecule has 2 aromatic rings. The molecule has 1 aliphatic heterocycles. The van der Waals surface area contributed by atoms with Crippen LogP contribution >= 0.6 is 11.3 Å². The van der Waals surface area contributed by atoms with Gasteiger partial charge in [0.15, 0.2) is 0 Å². The summed E-state index contributed by atoms with van der Waals surface area (Å²) in [6, 6.07) is 11.0. The van der Waals surface area contributed by atoms with E-state index in [9.17, 15) is 13.2 Å². The minimum atomic E-state index is -3.75. The molecule has 6 nitrogen and oxygen atoms in total. The summed E-state index contributed by atoms with van der Waals surface area (Å²) in [5, 5.41) is 7.85. The van der Waals surface area contributed by atoms with E-state index in [4.69, 9.17) is 0 Å². The zero-order chi connectivity index (χ0) is 18.4. The lowest BCUT2D eigenvalue weighted by Crippen LogP contribution is -2.43. The molecule has 0 radical (unpaired) electrons. The Labute approximate surface area is 158 Å². The number of carbonyl (C=O) groups excluding carboxylic acids is 1. The first-order valence-corrected chi connectivity index (χ1v) is 11.1. The lowest BCUT2D eigenvalue weighted by molar-refractivity contribution is 0.0949. The Morgan fingerprint density at radius 1 is 1.19 bits per heavy atom. The molecule has 1 aromatic carbocycles. The van der Waals surface area contributed by atoms with Gasteiger partial charge in [-0.15, -0.1) is 11.3 Å². The predicted molar refractivity (Wildman–Crippen MR) is 103 cm³/mol. The van der Waals surface area contributed by atoms with Crippen molar-refractivity contribution in [1.29, 1.82) is 0 Å². The minimum absolute atomic E-state index is 0.0348. The standard InChI is InChI=1S/C18H23N3O3S2/c22-18(20-13-15-8-4-5-10-19-15)17-16(9-11-25-17)26(23,24)21-12-14-6-2-1-3-7-14/h1-3,6-7,9,11,15,19,21H,4-5,8,10,12-13H2,(H,20,22)/t15-/m1/s1. The van der Waals surface area contributed by atoms with Gasteiger partial charge in [-0.3, -0.25) is 4.79 Å². The van der Waals surface area contributed by atoms with Gasteiger partial charge in [-0.1, -0.05) is 36.8 Å². The Hall–Kier alpha value is -1.74. The zero-order valence-corrected chi connectivity index (χ0v) is 16.0. The lowest BCUT2D eigenvalue weighted by Gasteiger charge is -2.23. The number of rotatable bonds is 7.